The molecule has 27 heavy (non-hydrogen) atoms. The second-order valence-corrected chi connectivity index (χ2v) is 6.27. The van der Waals surface area contributed by atoms with Crippen molar-refractivity contribution in [1.82, 2.24) is 9.97 Å². The lowest BCUT2D eigenvalue weighted by Crippen LogP contribution is -2.12. The first-order valence-electron chi connectivity index (χ1n) is 8.58. The van der Waals surface area contributed by atoms with Crippen LogP contribution >= 0.6 is 0 Å². The number of amides is 1. The van der Waals surface area contributed by atoms with Crippen molar-refractivity contribution in [2.45, 2.75) is 6.92 Å². The summed E-state index contributed by atoms with van der Waals surface area (Å²) in [5.74, 6) is 0.491. The van der Waals surface area contributed by atoms with Gasteiger partial charge in [0.1, 0.15) is 5.82 Å². The van der Waals surface area contributed by atoms with Crippen LogP contribution in [0.1, 0.15) is 27.6 Å². The second kappa shape index (κ2) is 6.88. The summed E-state index contributed by atoms with van der Waals surface area (Å²) in [6, 6.07) is 21.9. The second-order valence-electron chi connectivity index (χ2n) is 6.27. The highest BCUT2D eigenvalue weighted by Crippen LogP contribution is 2.23. The Bertz CT molecular complexity index is 1110. The molecule has 2 N–H and O–H groups in total. The summed E-state index contributed by atoms with van der Waals surface area (Å²) in [5.41, 5.74) is 4.50. The van der Waals surface area contributed by atoms with Crippen LogP contribution in [0.25, 0.3) is 22.4 Å². The van der Waals surface area contributed by atoms with Gasteiger partial charge in [-0.15, -0.1) is 0 Å². The average Bonchev–Trinajstić information content (AvgIpc) is 3.12. The molecular weight excluding hydrogens is 338 g/mol. The van der Waals surface area contributed by atoms with Crippen molar-refractivity contribution < 1.29 is 9.59 Å². The number of nitrogens with one attached hydrogen (secondary N) is 2. The van der Waals surface area contributed by atoms with Crippen LogP contribution in [-0.2, 0) is 0 Å². The number of anilines is 1. The lowest BCUT2D eigenvalue weighted by molar-refractivity contribution is 0.101. The molecule has 0 aliphatic carbocycles. The van der Waals surface area contributed by atoms with Crippen LogP contribution in [0.2, 0.25) is 0 Å². The number of carbonyl (C=O) groups excluding carboxylic acids is 2. The zero-order chi connectivity index (χ0) is 18.8. The van der Waals surface area contributed by atoms with Gasteiger partial charge in [0.25, 0.3) is 5.91 Å². The van der Waals surface area contributed by atoms with Gasteiger partial charge in [0.15, 0.2) is 5.78 Å². The number of rotatable bonds is 4. The van der Waals surface area contributed by atoms with E-state index in [0.717, 1.165) is 22.4 Å². The van der Waals surface area contributed by atoms with E-state index in [9.17, 15) is 9.59 Å². The molecule has 0 aliphatic rings. The van der Waals surface area contributed by atoms with Crippen LogP contribution in [0.4, 0.5) is 5.69 Å². The maximum absolute atomic E-state index is 12.5. The topological polar surface area (TPSA) is 74.8 Å². The van der Waals surface area contributed by atoms with E-state index in [4.69, 9.17) is 0 Å². The number of ketones is 1. The third kappa shape index (κ3) is 3.48. The Hall–Kier alpha value is -3.73. The third-order valence-corrected chi connectivity index (χ3v) is 4.34. The van der Waals surface area contributed by atoms with Crippen molar-refractivity contribution in [3.8, 4) is 11.4 Å². The largest absolute Gasteiger partial charge is 0.338 e. The summed E-state index contributed by atoms with van der Waals surface area (Å²) in [6.45, 7) is 1.50. The number of Topliss-reactive ketones (excluding diaryl/α,β-unsaturated/α-hetero) is 1. The smallest absolute Gasteiger partial charge is 0.255 e. The Kier molecular flexibility index (Phi) is 4.26. The van der Waals surface area contributed by atoms with Gasteiger partial charge in [-0.1, -0.05) is 36.4 Å². The summed E-state index contributed by atoms with van der Waals surface area (Å²) >= 11 is 0. The first-order chi connectivity index (χ1) is 13.1. The van der Waals surface area contributed by atoms with E-state index >= 15 is 0 Å². The standard InChI is InChI=1S/C22H17N3O2/c1-14(26)15-9-11-16(12-10-15)22(27)23-18-6-4-5-17(13-18)21-24-19-7-2-3-8-20(19)25-21/h2-13H,1H3,(H,23,27)(H,24,25). The van der Waals surface area contributed by atoms with E-state index in [2.05, 4.69) is 15.3 Å². The van der Waals surface area contributed by atoms with Crippen LogP contribution in [0.5, 0.6) is 0 Å². The van der Waals surface area contributed by atoms with Gasteiger partial charge in [0.2, 0.25) is 0 Å². The molecule has 0 unspecified atom stereocenters. The Morgan fingerprint density at radius 2 is 1.63 bits per heavy atom. The minimum Gasteiger partial charge on any atom is -0.338 e. The summed E-state index contributed by atoms with van der Waals surface area (Å²) in [5, 5.41) is 2.89. The minimum absolute atomic E-state index is 0.0273. The number of benzene rings is 3. The Balaban J connectivity index is 1.57. The summed E-state index contributed by atoms with van der Waals surface area (Å²) in [4.78, 5) is 31.7. The average molecular weight is 355 g/mol. The van der Waals surface area contributed by atoms with Gasteiger partial charge < -0.3 is 10.3 Å². The zero-order valence-corrected chi connectivity index (χ0v) is 14.7. The highest BCUT2D eigenvalue weighted by Gasteiger charge is 2.09. The fraction of sp³-hybridized carbons (Fsp3) is 0.0455. The number of imidazole rings is 1. The molecule has 0 saturated heterocycles. The van der Waals surface area contributed by atoms with Crippen LogP contribution in [-0.4, -0.2) is 21.7 Å². The number of fused-ring (bicyclic) bond motifs is 1. The fourth-order valence-corrected chi connectivity index (χ4v) is 2.89. The van der Waals surface area contributed by atoms with Crippen molar-refractivity contribution in [3.63, 3.8) is 0 Å². The fourth-order valence-electron chi connectivity index (χ4n) is 2.89. The van der Waals surface area contributed by atoms with E-state index in [1.807, 2.05) is 48.5 Å². The lowest BCUT2D eigenvalue weighted by atomic mass is 10.1. The van der Waals surface area contributed by atoms with E-state index in [0.29, 0.717) is 16.8 Å². The van der Waals surface area contributed by atoms with Gasteiger partial charge in [-0.05, 0) is 43.3 Å². The van der Waals surface area contributed by atoms with Gasteiger partial charge in [0, 0.05) is 22.4 Å². The summed E-state index contributed by atoms with van der Waals surface area (Å²) in [7, 11) is 0. The predicted molar refractivity (Wildman–Crippen MR) is 106 cm³/mol. The van der Waals surface area contributed by atoms with E-state index in [-0.39, 0.29) is 11.7 Å². The third-order valence-electron chi connectivity index (χ3n) is 4.34. The number of nitrogens with zero attached hydrogens (tertiary/aromatic N) is 1. The highest BCUT2D eigenvalue weighted by molar-refractivity contribution is 6.05. The maximum Gasteiger partial charge on any atom is 0.255 e. The molecule has 0 bridgehead atoms. The first kappa shape index (κ1) is 16.7. The van der Waals surface area contributed by atoms with E-state index in [1.165, 1.54) is 6.92 Å². The molecule has 0 radical (unpaired) electrons. The lowest BCUT2D eigenvalue weighted by Gasteiger charge is -2.07. The van der Waals surface area contributed by atoms with Gasteiger partial charge in [0.05, 0.1) is 11.0 Å². The summed E-state index contributed by atoms with van der Waals surface area (Å²) in [6.07, 6.45) is 0. The number of aromatic nitrogens is 2. The zero-order valence-electron chi connectivity index (χ0n) is 14.7. The van der Waals surface area contributed by atoms with Crippen LogP contribution < -0.4 is 5.32 Å². The molecule has 5 heteroatoms. The molecule has 0 fully saturated rings. The van der Waals surface area contributed by atoms with Gasteiger partial charge >= 0.3 is 0 Å². The Labute approximate surface area is 156 Å². The van der Waals surface area contributed by atoms with E-state index in [1.54, 1.807) is 24.3 Å². The monoisotopic (exact) mass is 355 g/mol. The van der Waals surface area contributed by atoms with Gasteiger partial charge in [-0.2, -0.15) is 0 Å². The normalized spacial score (nSPS) is 10.7. The number of aromatic amines is 1. The molecule has 1 aromatic heterocycles. The molecule has 4 rings (SSSR count). The van der Waals surface area contributed by atoms with Crippen molar-refractivity contribution in [2.24, 2.45) is 0 Å². The van der Waals surface area contributed by atoms with Crippen LogP contribution in [0.3, 0.4) is 0 Å². The number of carbonyl (C=O) groups is 2. The molecule has 4 aromatic rings. The molecule has 132 valence electrons. The number of hydrogen-bond donors (Lipinski definition) is 2. The molecule has 3 aromatic carbocycles. The Morgan fingerprint density at radius 1 is 0.889 bits per heavy atom. The van der Waals surface area contributed by atoms with Crippen molar-refractivity contribution in [1.29, 1.82) is 0 Å². The van der Waals surface area contributed by atoms with Gasteiger partial charge in [-0.3, -0.25) is 9.59 Å². The number of para-hydroxylation sites is 2. The number of hydrogen-bond acceptors (Lipinski definition) is 3. The molecular formula is C22H17N3O2. The van der Waals surface area contributed by atoms with E-state index < -0.39 is 0 Å². The highest BCUT2D eigenvalue weighted by atomic mass is 16.1. The molecule has 0 spiro atoms. The van der Waals surface area contributed by atoms with Crippen LogP contribution in [0.15, 0.2) is 72.8 Å². The molecule has 1 heterocycles. The minimum atomic E-state index is -0.230. The quantitative estimate of drug-likeness (QED) is 0.522. The summed E-state index contributed by atoms with van der Waals surface area (Å²) < 4.78 is 0. The Morgan fingerprint density at radius 3 is 2.37 bits per heavy atom. The SMILES string of the molecule is CC(=O)c1ccc(C(=O)Nc2cccc(-c3nc4ccccc4[nH]3)c2)cc1. The number of H-pyrrole nitrogens is 1. The first-order valence-corrected chi connectivity index (χ1v) is 8.58. The maximum atomic E-state index is 12.5. The van der Waals surface area contributed by atoms with Crippen LogP contribution in [0, 0.1) is 0 Å². The van der Waals surface area contributed by atoms with Crippen molar-refractivity contribution in [2.75, 3.05) is 5.32 Å². The molecule has 0 atom stereocenters. The predicted octanol–water partition coefficient (Wildman–Crippen LogP) is 4.68. The van der Waals surface area contributed by atoms with Crippen molar-refractivity contribution >= 4 is 28.4 Å². The molecule has 1 amide bonds. The van der Waals surface area contributed by atoms with Crippen molar-refractivity contribution in [3.05, 3.63) is 83.9 Å². The van der Waals surface area contributed by atoms with Gasteiger partial charge in [-0.25, -0.2) is 4.98 Å². The molecule has 0 aliphatic heterocycles. The molecule has 0 saturated carbocycles. The molecule has 5 nitrogen and oxygen atoms in total.